The fourth-order valence-corrected chi connectivity index (χ4v) is 8.83. The van der Waals surface area contributed by atoms with Gasteiger partial charge in [-0.2, -0.15) is 0 Å². The Morgan fingerprint density at radius 2 is 1.91 bits per heavy atom. The van der Waals surface area contributed by atoms with Gasteiger partial charge in [0.25, 0.3) is 0 Å². The molecule has 0 aliphatic heterocycles. The van der Waals surface area contributed by atoms with Gasteiger partial charge in [0, 0.05) is 10.8 Å². The first-order valence-electron chi connectivity index (χ1n) is 10.8. The fraction of sp³-hybridized carbons (Fsp3) is 0.727. The van der Waals surface area contributed by atoms with Crippen LogP contribution in [0.15, 0.2) is 23.8 Å². The molecule has 0 spiro atoms. The summed E-state index contributed by atoms with van der Waals surface area (Å²) < 4.78 is 15.1. The maximum absolute atomic E-state index is 13.1. The number of carbonyl (C=O) groups excluding carboxylic acids is 2. The second kappa shape index (κ2) is 10.2. The predicted octanol–water partition coefficient (Wildman–Crippen LogP) is -3.73. The summed E-state index contributed by atoms with van der Waals surface area (Å²) in [6.07, 6.45) is 7.00. The van der Waals surface area contributed by atoms with E-state index in [1.54, 1.807) is 19.9 Å². The van der Waals surface area contributed by atoms with E-state index in [-0.39, 0.29) is 83.2 Å². The molecule has 0 radical (unpaired) electrons. The molecule has 4 aliphatic carbocycles. The summed E-state index contributed by atoms with van der Waals surface area (Å²) in [6.45, 7) is 4.52. The molecule has 0 aromatic carbocycles. The molecule has 12 heteroatoms. The molecule has 3 fully saturated rings. The smallest absolute Gasteiger partial charge is 0.790 e. The summed E-state index contributed by atoms with van der Waals surface area (Å²) in [6, 6.07) is 0. The van der Waals surface area contributed by atoms with Crippen molar-refractivity contribution in [2.45, 2.75) is 62.3 Å². The van der Waals surface area contributed by atoms with Crippen LogP contribution in [0.4, 0.5) is 0 Å². The Kier molecular flexibility index (Phi) is 9.52. The number of rotatable bonds is 4. The summed E-state index contributed by atoms with van der Waals surface area (Å²) >= 11 is 14.4. The average molecular weight is 551 g/mol. The predicted molar refractivity (Wildman–Crippen MR) is 115 cm³/mol. The third-order valence-electron chi connectivity index (χ3n) is 8.96. The Morgan fingerprint density at radius 1 is 1.29 bits per heavy atom. The number of allylic oxidation sites excluding steroid dienone is 4. The molecule has 0 amide bonds. The number of alkyl halides is 2. The molecule has 0 aromatic heterocycles. The number of halogens is 2. The SMILES string of the molecule is C[C@@H]1CC2C3CCC4=CC(=O)C=CC4(C)[C@@]3(Cl)C(Cl)CC2(C)[C@@]1(O)C(=O)COP(=O)([O-])[O-].[Na+].[Na+]. The topological polar surface area (TPSA) is 127 Å². The van der Waals surface area contributed by atoms with Gasteiger partial charge in [0.1, 0.15) is 12.2 Å². The van der Waals surface area contributed by atoms with Crippen LogP contribution in [0, 0.1) is 28.6 Å². The van der Waals surface area contributed by atoms with Crippen LogP contribution in [0.5, 0.6) is 0 Å². The Balaban J connectivity index is 0.00000204. The van der Waals surface area contributed by atoms with Crippen molar-refractivity contribution >= 4 is 42.6 Å². The van der Waals surface area contributed by atoms with Crippen molar-refractivity contribution in [1.29, 1.82) is 0 Å². The molecule has 4 aliphatic rings. The Bertz CT molecular complexity index is 986. The molecule has 34 heavy (non-hydrogen) atoms. The van der Waals surface area contributed by atoms with E-state index in [1.807, 2.05) is 13.0 Å². The van der Waals surface area contributed by atoms with Crippen LogP contribution < -0.4 is 68.9 Å². The molecule has 8 atom stereocenters. The number of carbonyl (C=O) groups is 2. The minimum absolute atomic E-state index is 0. The van der Waals surface area contributed by atoms with Crippen molar-refractivity contribution in [2.24, 2.45) is 28.6 Å². The van der Waals surface area contributed by atoms with E-state index >= 15 is 0 Å². The van der Waals surface area contributed by atoms with Gasteiger partial charge in [-0.15, -0.1) is 23.2 Å². The standard InChI is InChI=1S/C22H29Cl2O7P.2Na/c1-12-8-16-15-5-4-13-9-14(25)6-7-19(13,2)21(15,24)17(23)10-20(16,3)22(12,27)18(26)11-31-32(28,29)30;;/h6-7,9,12,15-17,27H,4-5,8,10-11H2,1-3H3,(H2,28,29,30);;/q;2*+1/p-2/t12-,15?,16?,17?,19?,20?,21+,22+;;/m1../s1. The second-order valence-electron chi connectivity index (χ2n) is 10.3. The van der Waals surface area contributed by atoms with Gasteiger partial charge < -0.3 is 24.0 Å². The molecule has 178 valence electrons. The van der Waals surface area contributed by atoms with Crippen molar-refractivity contribution in [3.05, 3.63) is 23.8 Å². The van der Waals surface area contributed by atoms with Gasteiger partial charge in [-0.1, -0.05) is 32.4 Å². The third kappa shape index (κ3) is 4.41. The summed E-state index contributed by atoms with van der Waals surface area (Å²) in [5.74, 6) is -1.75. The Labute approximate surface area is 254 Å². The van der Waals surface area contributed by atoms with Gasteiger partial charge in [0.05, 0.1) is 18.1 Å². The van der Waals surface area contributed by atoms with Crippen molar-refractivity contribution in [1.82, 2.24) is 0 Å². The molecule has 4 rings (SSSR count). The van der Waals surface area contributed by atoms with E-state index in [2.05, 4.69) is 4.52 Å². The van der Waals surface area contributed by atoms with Crippen LogP contribution in [-0.4, -0.2) is 39.1 Å². The zero-order chi connectivity index (χ0) is 23.9. The number of hydrogen-bond acceptors (Lipinski definition) is 7. The van der Waals surface area contributed by atoms with Crippen LogP contribution in [0.2, 0.25) is 0 Å². The van der Waals surface area contributed by atoms with Gasteiger partial charge in [-0.05, 0) is 55.6 Å². The quantitative estimate of drug-likeness (QED) is 0.216. The molecule has 0 aromatic rings. The first kappa shape index (κ1) is 31.7. The number of aliphatic hydroxyl groups is 1. The number of phosphoric ester groups is 1. The minimum atomic E-state index is -5.37. The largest absolute Gasteiger partial charge is 1.00 e. The molecular formula is C22H27Cl2Na2O7P. The Morgan fingerprint density at radius 3 is 2.50 bits per heavy atom. The first-order valence-corrected chi connectivity index (χ1v) is 13.1. The first-order chi connectivity index (χ1) is 14.6. The molecule has 7 nitrogen and oxygen atoms in total. The molecule has 0 saturated heterocycles. The van der Waals surface area contributed by atoms with Crippen LogP contribution >= 0.6 is 31.0 Å². The van der Waals surface area contributed by atoms with E-state index in [0.29, 0.717) is 19.3 Å². The van der Waals surface area contributed by atoms with E-state index < -0.39 is 52.8 Å². The summed E-state index contributed by atoms with van der Waals surface area (Å²) in [7, 11) is -5.37. The van der Waals surface area contributed by atoms with Crippen molar-refractivity contribution < 1.29 is 92.7 Å². The van der Waals surface area contributed by atoms with Gasteiger partial charge in [-0.3, -0.25) is 9.59 Å². The maximum Gasteiger partial charge on any atom is 1.00 e. The van der Waals surface area contributed by atoms with Gasteiger partial charge in [0.2, 0.25) is 0 Å². The number of phosphoric acid groups is 1. The third-order valence-corrected chi connectivity index (χ3v) is 10.9. The van der Waals surface area contributed by atoms with E-state index in [0.717, 1.165) is 5.57 Å². The zero-order valence-corrected chi connectivity index (χ0v) is 26.6. The van der Waals surface area contributed by atoms with Gasteiger partial charge >= 0.3 is 59.1 Å². The van der Waals surface area contributed by atoms with Crippen LogP contribution in [0.1, 0.15) is 46.5 Å². The van der Waals surface area contributed by atoms with Crippen molar-refractivity contribution in [3.8, 4) is 0 Å². The molecule has 3 saturated carbocycles. The van der Waals surface area contributed by atoms with Crippen molar-refractivity contribution in [2.75, 3.05) is 6.61 Å². The molecule has 0 heterocycles. The molecule has 0 bridgehead atoms. The monoisotopic (exact) mass is 550 g/mol. The number of Topliss-reactive ketones (excluding diaryl/α,β-unsaturated/α-hetero) is 1. The van der Waals surface area contributed by atoms with Crippen LogP contribution in [-0.2, 0) is 18.7 Å². The zero-order valence-electron chi connectivity index (χ0n) is 20.2. The van der Waals surface area contributed by atoms with E-state index in [9.17, 15) is 29.0 Å². The maximum atomic E-state index is 13.1. The molecular weight excluding hydrogens is 524 g/mol. The minimum Gasteiger partial charge on any atom is -0.790 e. The number of fused-ring (bicyclic) bond motifs is 5. The van der Waals surface area contributed by atoms with Gasteiger partial charge in [0.15, 0.2) is 11.6 Å². The van der Waals surface area contributed by atoms with Crippen molar-refractivity contribution in [3.63, 3.8) is 0 Å². The molecule has 1 N–H and O–H groups in total. The normalized spacial score (nSPS) is 45.2. The molecule has 5 unspecified atom stereocenters. The summed E-state index contributed by atoms with van der Waals surface area (Å²) in [5.41, 5.74) is -2.59. The summed E-state index contributed by atoms with van der Waals surface area (Å²) in [4.78, 5) is 45.9. The van der Waals surface area contributed by atoms with E-state index in [1.165, 1.54) is 6.08 Å². The van der Waals surface area contributed by atoms with Crippen LogP contribution in [0.25, 0.3) is 0 Å². The van der Waals surface area contributed by atoms with Crippen LogP contribution in [0.3, 0.4) is 0 Å². The average Bonchev–Trinajstić information content (AvgIpc) is 2.89. The summed E-state index contributed by atoms with van der Waals surface area (Å²) in [5, 5.41) is 11.1. The second-order valence-corrected chi connectivity index (χ2v) is 12.6. The number of ketones is 2. The van der Waals surface area contributed by atoms with E-state index in [4.69, 9.17) is 23.2 Å². The fourth-order valence-electron chi connectivity index (χ4n) is 7.32. The number of hydrogen-bond donors (Lipinski definition) is 1. The Hall–Kier alpha value is 1.47. The van der Waals surface area contributed by atoms with Gasteiger partial charge in [-0.25, -0.2) is 0 Å².